The van der Waals surface area contributed by atoms with E-state index in [2.05, 4.69) is 5.73 Å². The molecule has 0 unspecified atom stereocenters. The number of carbonyl (C=O) groups is 1. The Morgan fingerprint density at radius 3 is 1.69 bits per heavy atom. The molecule has 0 bridgehead atoms. The zero-order valence-corrected chi connectivity index (χ0v) is 13.7. The van der Waals surface area contributed by atoms with Crippen molar-refractivity contribution >= 4 is 61.3 Å². The van der Waals surface area contributed by atoms with Gasteiger partial charge in [-0.15, -0.1) is 0 Å². The molecule has 0 saturated heterocycles. The molecule has 6 nitrogen and oxygen atoms in total. The van der Waals surface area contributed by atoms with Crippen LogP contribution in [0.15, 0.2) is 0 Å². The maximum Gasteiger partial charge on any atom is 1.00 e. The van der Waals surface area contributed by atoms with Crippen molar-refractivity contribution in [3.05, 3.63) is 0 Å². The number of hydrogen-bond donors (Lipinski definition) is 2. The molecule has 10 heteroatoms. The maximum atomic E-state index is 9.76. The van der Waals surface area contributed by atoms with E-state index >= 15 is 0 Å². The zero-order chi connectivity index (χ0) is 10.4. The Hall–Kier alpha value is 1.80. The molecule has 0 rings (SSSR count). The molecule has 0 spiro atoms. The molecule has 0 aliphatic heterocycles. The van der Waals surface area contributed by atoms with E-state index in [0.717, 1.165) is 0 Å². The number of halogens is 2. The minimum Gasteiger partial charge on any atom is -0.747 e. The quantitative estimate of drug-likeness (QED) is 0.199. The van der Waals surface area contributed by atoms with Gasteiger partial charge in [0.25, 0.3) is 0 Å². The second kappa shape index (κ2) is 10.3. The summed E-state index contributed by atoms with van der Waals surface area (Å²) >= 11 is 3.07. The van der Waals surface area contributed by atoms with Crippen molar-refractivity contribution < 1.29 is 52.4 Å². The average Bonchev–Trinajstić information content (AvgIpc) is 1.87. The van der Waals surface area contributed by atoms with Gasteiger partial charge in [0.05, 0.1) is 6.54 Å². The Bertz CT molecular complexity index is 230. The normalized spacial score (nSPS) is 9.62. The molecule has 0 fully saturated rings. The molecule has 74 valence electrons. The van der Waals surface area contributed by atoms with Gasteiger partial charge < -0.3 is 15.4 Å². The minimum atomic E-state index is -4.02. The zero-order valence-electron chi connectivity index (χ0n) is 6.61. The van der Waals surface area contributed by atoms with Crippen molar-refractivity contribution in [2.75, 3.05) is 6.54 Å². The molecule has 0 radical (unpaired) electrons. The second-order valence-corrected chi connectivity index (χ2v) is 9.37. The van der Waals surface area contributed by atoms with Gasteiger partial charge in [0.15, 0.2) is 1.26 Å². The minimum absolute atomic E-state index is 0. The largest absolute Gasteiger partial charge is 1.00 e. The number of hydrogen-bond acceptors (Lipinski definition) is 5. The Morgan fingerprint density at radius 1 is 1.54 bits per heavy atom. The fraction of sp³-hybridized carbons (Fsp3) is 0.667. The van der Waals surface area contributed by atoms with E-state index in [0.29, 0.717) is 0 Å². The van der Waals surface area contributed by atoms with Crippen LogP contribution in [0.5, 0.6) is 0 Å². The van der Waals surface area contributed by atoms with E-state index in [4.69, 9.17) is 5.11 Å². The van der Waals surface area contributed by atoms with Crippen LogP contribution in [-0.2, 0) is 14.9 Å². The van der Waals surface area contributed by atoms with E-state index in [1.807, 2.05) is 0 Å². The van der Waals surface area contributed by atoms with Gasteiger partial charge in [-0.25, -0.2) is 8.42 Å². The Labute approximate surface area is 125 Å². The molecule has 3 N–H and O–H groups in total. The summed E-state index contributed by atoms with van der Waals surface area (Å²) in [6.45, 7) is -0.278. The summed E-state index contributed by atoms with van der Waals surface area (Å²) in [5.74, 6) is -0.968. The van der Waals surface area contributed by atoms with E-state index < -0.39 is 17.4 Å². The van der Waals surface area contributed by atoms with E-state index in [1.54, 1.807) is 0 Å². The number of alkyl halides is 2. The number of nitrogens with two attached hydrogens (primary N) is 1. The molecule has 0 aliphatic rings. The van der Waals surface area contributed by atoms with Gasteiger partial charge in [-0.1, -0.05) is 45.2 Å². The number of carboxylic acids is 1. The van der Waals surface area contributed by atoms with Crippen molar-refractivity contribution in [3.63, 3.8) is 0 Å². The summed E-state index contributed by atoms with van der Waals surface area (Å²) in [5, 5.41) is 7.60. The summed E-state index contributed by atoms with van der Waals surface area (Å²) in [4.78, 5) is 9.24. The number of carboxylic acid groups (broad SMARTS) is 1. The van der Waals surface area contributed by atoms with Crippen LogP contribution < -0.4 is 35.3 Å². The smallest absolute Gasteiger partial charge is 0.747 e. The molecule has 0 atom stereocenters. The molecule has 0 aromatic heterocycles. The van der Waals surface area contributed by atoms with E-state index in [-0.39, 0.29) is 36.1 Å². The molecule has 0 heterocycles. The topological polar surface area (TPSA) is 121 Å². The van der Waals surface area contributed by atoms with E-state index in [1.165, 1.54) is 45.2 Å². The molecule has 0 aromatic carbocycles. The summed E-state index contributed by atoms with van der Waals surface area (Å²) < 4.78 is 28.4. The van der Waals surface area contributed by atoms with Gasteiger partial charge in [0.2, 0.25) is 0 Å². The Balaban J connectivity index is -0.000000150. The summed E-state index contributed by atoms with van der Waals surface area (Å²) in [6, 6.07) is 0. The van der Waals surface area contributed by atoms with Gasteiger partial charge >= 0.3 is 35.5 Å². The SMILES string of the molecule is NCC(=O)O.O=S(=O)([O-])C(I)I.[Na+]. The standard InChI is InChI=1S/C2H5NO2.CH2I2O3S.Na/c3-1-2(4)5;2-1(3)7(4,5)6;/h1,3H2,(H,4,5);1H,(H,4,5,6);/q;;+1/p-1. The third-order valence-corrected chi connectivity index (χ3v) is 4.57. The predicted octanol–water partition coefficient (Wildman–Crippen LogP) is -3.28. The predicted molar refractivity (Wildman–Crippen MR) is 58.2 cm³/mol. The van der Waals surface area contributed by atoms with Gasteiger partial charge in [0, 0.05) is 0 Å². The van der Waals surface area contributed by atoms with Gasteiger partial charge in [-0.2, -0.15) is 0 Å². The van der Waals surface area contributed by atoms with Crippen LogP contribution in [-0.4, -0.2) is 31.9 Å². The fourth-order valence-corrected chi connectivity index (χ4v) is 0. The molecule has 0 saturated carbocycles. The van der Waals surface area contributed by atoms with Crippen LogP contribution in [0.4, 0.5) is 0 Å². The summed E-state index contributed by atoms with van der Waals surface area (Å²) in [7, 11) is -4.02. The van der Waals surface area contributed by atoms with Crippen molar-refractivity contribution in [2.45, 2.75) is 1.26 Å². The first-order valence-electron chi connectivity index (χ1n) is 2.36. The maximum absolute atomic E-state index is 9.76. The number of aliphatic carboxylic acids is 1. The van der Waals surface area contributed by atoms with Crippen molar-refractivity contribution in [2.24, 2.45) is 5.73 Å². The molecular formula is C3H6I2NNaO5S. The summed E-state index contributed by atoms with van der Waals surface area (Å²) in [6.07, 6.45) is 0. The first kappa shape index (κ1) is 20.2. The van der Waals surface area contributed by atoms with Crippen molar-refractivity contribution in [1.29, 1.82) is 0 Å². The van der Waals surface area contributed by atoms with Crippen LogP contribution in [0.2, 0.25) is 0 Å². The number of rotatable bonds is 2. The van der Waals surface area contributed by atoms with Gasteiger partial charge in [-0.05, 0) is 0 Å². The Morgan fingerprint density at radius 2 is 1.69 bits per heavy atom. The molecule has 0 aromatic rings. The summed E-state index contributed by atoms with van der Waals surface area (Å²) in [5.41, 5.74) is 4.57. The van der Waals surface area contributed by atoms with Crippen molar-refractivity contribution in [1.82, 2.24) is 0 Å². The Kier molecular flexibility index (Phi) is 16.1. The third kappa shape index (κ3) is 20.0. The molecule has 0 amide bonds. The van der Waals surface area contributed by atoms with Crippen LogP contribution in [0.3, 0.4) is 0 Å². The van der Waals surface area contributed by atoms with Crippen LogP contribution in [0.1, 0.15) is 0 Å². The molecule has 0 aliphatic carbocycles. The first-order valence-corrected chi connectivity index (χ1v) is 6.32. The fourth-order valence-electron chi connectivity index (χ4n) is 0. The van der Waals surface area contributed by atoms with Crippen LogP contribution in [0, 0.1) is 0 Å². The van der Waals surface area contributed by atoms with Crippen LogP contribution >= 0.6 is 45.2 Å². The molecule has 13 heavy (non-hydrogen) atoms. The first-order chi connectivity index (χ1) is 5.21. The van der Waals surface area contributed by atoms with Gasteiger partial charge in [-0.3, -0.25) is 4.79 Å². The average molecular weight is 445 g/mol. The second-order valence-electron chi connectivity index (χ2n) is 1.35. The monoisotopic (exact) mass is 445 g/mol. The van der Waals surface area contributed by atoms with E-state index in [9.17, 15) is 17.8 Å². The third-order valence-electron chi connectivity index (χ3n) is 0.393. The van der Waals surface area contributed by atoms with Gasteiger partial charge in [0.1, 0.15) is 10.1 Å². The van der Waals surface area contributed by atoms with Crippen LogP contribution in [0.25, 0.3) is 0 Å². The molecular weight excluding hydrogens is 439 g/mol. The van der Waals surface area contributed by atoms with Crippen molar-refractivity contribution in [3.8, 4) is 0 Å².